The maximum Gasteiger partial charge on any atom is 0.466 e. The lowest BCUT2D eigenvalue weighted by atomic mass is 9.37. The first-order valence-electron chi connectivity index (χ1n) is 12.1. The molecule has 4 rings (SSSR count). The van der Waals surface area contributed by atoms with Crippen molar-refractivity contribution in [3.63, 3.8) is 0 Å². The van der Waals surface area contributed by atoms with E-state index in [1.165, 1.54) is 0 Å². The van der Waals surface area contributed by atoms with Crippen LogP contribution in [-0.2, 0) is 23.8 Å². The minimum Gasteiger partial charge on any atom is -0.497 e. The van der Waals surface area contributed by atoms with Crippen LogP contribution in [0.4, 0.5) is 0 Å². The summed E-state index contributed by atoms with van der Waals surface area (Å²) in [6, 6.07) is 16.6. The van der Waals surface area contributed by atoms with Crippen molar-refractivity contribution < 1.29 is 23.4 Å². The van der Waals surface area contributed by atoms with Crippen LogP contribution in [0.5, 0.6) is 5.75 Å². The molecule has 2 aliphatic heterocycles. The molecule has 0 radical (unpaired) electrons. The van der Waals surface area contributed by atoms with Gasteiger partial charge in [0, 0.05) is 0 Å². The largest absolute Gasteiger partial charge is 0.497 e. The van der Waals surface area contributed by atoms with Gasteiger partial charge in [-0.3, -0.25) is 0 Å². The Bertz CT molecular complexity index is 960. The van der Waals surface area contributed by atoms with Crippen LogP contribution in [-0.4, -0.2) is 43.8 Å². The third kappa shape index (κ3) is 4.01. The molecule has 0 spiro atoms. The summed E-state index contributed by atoms with van der Waals surface area (Å²) in [6.07, 6.45) is 0. The van der Waals surface area contributed by atoms with Crippen LogP contribution in [0, 0.1) is 0 Å². The normalized spacial score (nSPS) is 22.8. The lowest BCUT2D eigenvalue weighted by Crippen LogP contribution is -2.56. The fourth-order valence-corrected chi connectivity index (χ4v) is 4.36. The van der Waals surface area contributed by atoms with Crippen molar-refractivity contribution in [1.82, 2.24) is 0 Å². The molecule has 2 saturated heterocycles. The van der Waals surface area contributed by atoms with Gasteiger partial charge < -0.3 is 23.4 Å². The predicted octanol–water partition coefficient (Wildman–Crippen LogP) is 5.88. The molecule has 0 saturated carbocycles. The lowest BCUT2D eigenvalue weighted by Gasteiger charge is -2.34. The molecule has 2 fully saturated rings. The van der Waals surface area contributed by atoms with Gasteiger partial charge in [-0.25, -0.2) is 0 Å². The van der Waals surface area contributed by atoms with Crippen LogP contribution in [0.15, 0.2) is 48.5 Å². The smallest absolute Gasteiger partial charge is 0.466 e. The quantitative estimate of drug-likeness (QED) is 0.517. The summed E-state index contributed by atoms with van der Waals surface area (Å²) >= 11 is 0. The van der Waals surface area contributed by atoms with E-state index in [0.717, 1.165) is 22.4 Å². The van der Waals surface area contributed by atoms with Crippen LogP contribution in [0.2, 0.25) is 0 Å². The number of hydrogen-bond donors (Lipinski definition) is 0. The first-order valence-corrected chi connectivity index (χ1v) is 12.1. The zero-order valence-corrected chi connectivity index (χ0v) is 22.3. The average molecular weight is 464 g/mol. The second-order valence-electron chi connectivity index (χ2n) is 11.8. The Morgan fingerprint density at radius 1 is 0.588 bits per heavy atom. The van der Waals surface area contributed by atoms with E-state index in [0.29, 0.717) is 0 Å². The van der Waals surface area contributed by atoms with Gasteiger partial charge in [-0.2, -0.15) is 0 Å². The Labute approximate surface area is 205 Å². The summed E-state index contributed by atoms with van der Waals surface area (Å²) in [7, 11) is 0.592. The van der Waals surface area contributed by atoms with Crippen molar-refractivity contribution in [2.75, 3.05) is 7.11 Å². The maximum atomic E-state index is 6.58. The van der Waals surface area contributed by atoms with Gasteiger partial charge in [0.25, 0.3) is 0 Å². The van der Waals surface area contributed by atoms with Gasteiger partial charge in [0.15, 0.2) is 0 Å². The first kappa shape index (κ1) is 25.3. The number of benzene rings is 2. The zero-order chi connectivity index (χ0) is 25.2. The molecule has 5 nitrogen and oxygen atoms in total. The molecule has 0 bridgehead atoms. The fraction of sp³-hybridized carbons (Fsp3) is 0.556. The van der Waals surface area contributed by atoms with Gasteiger partial charge in [-0.05, 0) is 84.2 Å². The Hall–Kier alpha value is -1.79. The molecule has 0 unspecified atom stereocenters. The van der Waals surface area contributed by atoms with Gasteiger partial charge in [-0.1, -0.05) is 43.3 Å². The molecule has 0 aliphatic carbocycles. The molecule has 2 aliphatic rings. The van der Waals surface area contributed by atoms with Crippen molar-refractivity contribution in [1.29, 1.82) is 0 Å². The molecular formula is C27H38B2O5. The summed E-state index contributed by atoms with van der Waals surface area (Å²) in [5, 5.41) is -0.700. The highest BCUT2D eigenvalue weighted by molar-refractivity contribution is 6.71. The van der Waals surface area contributed by atoms with Gasteiger partial charge in [0.05, 0.1) is 34.7 Å². The third-order valence-corrected chi connectivity index (χ3v) is 8.42. The van der Waals surface area contributed by atoms with Crippen LogP contribution in [0.3, 0.4) is 0 Å². The van der Waals surface area contributed by atoms with Crippen molar-refractivity contribution in [2.45, 2.75) is 89.9 Å². The summed E-state index contributed by atoms with van der Waals surface area (Å²) in [5.41, 5.74) is 1.42. The Kier molecular flexibility index (Phi) is 6.05. The van der Waals surface area contributed by atoms with Crippen LogP contribution in [0.25, 0.3) is 11.1 Å². The van der Waals surface area contributed by atoms with Gasteiger partial charge in [0.1, 0.15) is 5.75 Å². The van der Waals surface area contributed by atoms with Crippen LogP contribution in [0.1, 0.15) is 67.9 Å². The zero-order valence-electron chi connectivity index (χ0n) is 22.3. The summed E-state index contributed by atoms with van der Waals surface area (Å²) < 4.78 is 31.6. The van der Waals surface area contributed by atoms with Crippen molar-refractivity contribution in [2.24, 2.45) is 0 Å². The Morgan fingerprint density at radius 2 is 0.912 bits per heavy atom. The topological polar surface area (TPSA) is 46.2 Å². The van der Waals surface area contributed by atoms with E-state index in [1.54, 1.807) is 7.11 Å². The highest BCUT2D eigenvalue weighted by Crippen LogP contribution is 2.49. The van der Waals surface area contributed by atoms with E-state index in [4.69, 9.17) is 23.4 Å². The van der Waals surface area contributed by atoms with E-state index < -0.39 is 41.9 Å². The molecule has 7 heteroatoms. The predicted molar refractivity (Wildman–Crippen MR) is 138 cm³/mol. The molecule has 34 heavy (non-hydrogen) atoms. The SMILES string of the molecule is COc1ccc(-c2ccc(C(C)(B3OC(C)(C)C(C)(C)O3)B3OC(C)(C)C(C)(C)O3)cc2)cc1. The van der Waals surface area contributed by atoms with Crippen LogP contribution < -0.4 is 4.74 Å². The van der Waals surface area contributed by atoms with Gasteiger partial charge in [0.2, 0.25) is 0 Å². The lowest BCUT2D eigenvalue weighted by molar-refractivity contribution is 0.00578. The maximum absolute atomic E-state index is 6.58. The summed E-state index contributed by atoms with van der Waals surface area (Å²) in [5.74, 6) is 0.842. The van der Waals surface area contributed by atoms with Crippen molar-refractivity contribution in [3.8, 4) is 16.9 Å². The van der Waals surface area contributed by atoms with E-state index in [2.05, 4.69) is 98.7 Å². The molecule has 0 atom stereocenters. The molecular weight excluding hydrogens is 426 g/mol. The van der Waals surface area contributed by atoms with Gasteiger partial charge in [-0.15, -0.1) is 0 Å². The van der Waals surface area contributed by atoms with Gasteiger partial charge >= 0.3 is 14.2 Å². The molecule has 2 aromatic carbocycles. The number of hydrogen-bond acceptors (Lipinski definition) is 5. The summed E-state index contributed by atoms with van der Waals surface area (Å²) in [4.78, 5) is 0. The molecule has 2 heterocycles. The first-order chi connectivity index (χ1) is 15.6. The molecule has 182 valence electrons. The number of rotatable bonds is 5. The Morgan fingerprint density at radius 3 is 1.24 bits per heavy atom. The Balaban J connectivity index is 1.74. The molecule has 0 amide bonds. The number of ether oxygens (including phenoxy) is 1. The molecule has 0 N–H and O–H groups in total. The standard InChI is InChI=1S/C27H38B2O5/c1-23(2)24(3,4)32-28(31-23)27(9,29-33-25(5,6)26(7,8)34-29)21-15-11-19(12-16-21)20-13-17-22(30-10)18-14-20/h11-18H,1-10H3. The van der Waals surface area contributed by atoms with E-state index in [1.807, 2.05) is 12.1 Å². The monoisotopic (exact) mass is 464 g/mol. The highest BCUT2D eigenvalue weighted by atomic mass is 16.7. The fourth-order valence-electron chi connectivity index (χ4n) is 4.36. The van der Waals surface area contributed by atoms with Crippen molar-refractivity contribution in [3.05, 3.63) is 54.1 Å². The number of methoxy groups -OCH3 is 1. The second-order valence-corrected chi connectivity index (χ2v) is 11.8. The third-order valence-electron chi connectivity index (χ3n) is 8.42. The van der Waals surface area contributed by atoms with E-state index >= 15 is 0 Å². The van der Waals surface area contributed by atoms with Crippen molar-refractivity contribution >= 4 is 14.2 Å². The minimum atomic E-state index is -0.700. The second kappa shape index (κ2) is 8.12. The van der Waals surface area contributed by atoms with Crippen LogP contribution >= 0.6 is 0 Å². The van der Waals surface area contributed by atoms with E-state index in [9.17, 15) is 0 Å². The highest BCUT2D eigenvalue weighted by Gasteiger charge is 2.68. The summed E-state index contributed by atoms with van der Waals surface area (Å²) in [6.45, 7) is 18.7. The minimum absolute atomic E-state index is 0.467. The average Bonchev–Trinajstić information content (AvgIpc) is 3.13. The van der Waals surface area contributed by atoms with E-state index in [-0.39, 0.29) is 0 Å². The molecule has 0 aromatic heterocycles. The molecule has 2 aromatic rings.